The Balaban J connectivity index is 2.14. The number of ether oxygens (including phenoxy) is 1. The predicted molar refractivity (Wildman–Crippen MR) is 72.8 cm³/mol. The average molecular weight is 293 g/mol. The fourth-order valence-electron chi connectivity index (χ4n) is 1.55. The van der Waals surface area contributed by atoms with Crippen LogP contribution in [-0.2, 0) is 0 Å². The van der Waals surface area contributed by atoms with E-state index in [4.69, 9.17) is 4.74 Å². The van der Waals surface area contributed by atoms with E-state index in [1.54, 1.807) is 12.1 Å². The third kappa shape index (κ3) is 3.24. The maximum Gasteiger partial charge on any atom is 0.119 e. The van der Waals surface area contributed by atoms with Gasteiger partial charge in [0.25, 0.3) is 0 Å². The molecule has 0 aliphatic rings. The number of benzene rings is 2. The molecule has 0 atom stereocenters. The lowest BCUT2D eigenvalue weighted by Gasteiger charge is -2.06. The Hall–Kier alpha value is -1.48. The number of halogens is 1. The van der Waals surface area contributed by atoms with Crippen molar-refractivity contribution in [3.05, 3.63) is 48.5 Å². The van der Waals surface area contributed by atoms with E-state index in [0.29, 0.717) is 6.61 Å². The second-order valence-electron chi connectivity index (χ2n) is 3.61. The molecule has 0 heterocycles. The van der Waals surface area contributed by atoms with Gasteiger partial charge in [0, 0.05) is 5.33 Å². The molecule has 0 aliphatic heterocycles. The van der Waals surface area contributed by atoms with Gasteiger partial charge in [0.1, 0.15) is 11.5 Å². The van der Waals surface area contributed by atoms with Gasteiger partial charge in [-0.25, -0.2) is 0 Å². The van der Waals surface area contributed by atoms with Crippen molar-refractivity contribution in [2.24, 2.45) is 0 Å². The van der Waals surface area contributed by atoms with Gasteiger partial charge in [-0.1, -0.05) is 40.2 Å². The highest BCUT2D eigenvalue weighted by Crippen LogP contribution is 2.24. The van der Waals surface area contributed by atoms with E-state index in [-0.39, 0.29) is 5.75 Å². The monoisotopic (exact) mass is 292 g/mol. The fraction of sp³-hybridized carbons (Fsp3) is 0.143. The van der Waals surface area contributed by atoms with Gasteiger partial charge < -0.3 is 9.84 Å². The number of alkyl halides is 1. The van der Waals surface area contributed by atoms with Gasteiger partial charge in [0.15, 0.2) is 0 Å². The van der Waals surface area contributed by atoms with E-state index < -0.39 is 0 Å². The summed E-state index contributed by atoms with van der Waals surface area (Å²) in [6, 6.07) is 15.1. The maximum absolute atomic E-state index is 9.22. The largest absolute Gasteiger partial charge is 0.508 e. The number of phenols is 1. The van der Waals surface area contributed by atoms with Crippen LogP contribution in [0, 0.1) is 0 Å². The van der Waals surface area contributed by atoms with Crippen molar-refractivity contribution in [3.63, 3.8) is 0 Å². The molecule has 2 nitrogen and oxygen atoms in total. The zero-order valence-electron chi connectivity index (χ0n) is 9.27. The molecule has 0 aliphatic carbocycles. The predicted octanol–water partition coefficient (Wildman–Crippen LogP) is 3.83. The minimum atomic E-state index is 0.283. The number of aromatic hydroxyl groups is 1. The van der Waals surface area contributed by atoms with E-state index >= 15 is 0 Å². The molecule has 0 radical (unpaired) electrons. The second-order valence-corrected chi connectivity index (χ2v) is 4.40. The molecule has 0 saturated heterocycles. The van der Waals surface area contributed by atoms with Crippen LogP contribution in [0.25, 0.3) is 11.1 Å². The third-order valence-electron chi connectivity index (χ3n) is 2.40. The van der Waals surface area contributed by atoms with Crippen LogP contribution in [0.4, 0.5) is 0 Å². The van der Waals surface area contributed by atoms with E-state index in [0.717, 1.165) is 22.2 Å². The molecule has 0 saturated carbocycles. The van der Waals surface area contributed by atoms with Crippen molar-refractivity contribution in [2.45, 2.75) is 0 Å². The third-order valence-corrected chi connectivity index (χ3v) is 2.72. The first-order valence-electron chi connectivity index (χ1n) is 5.38. The minimum Gasteiger partial charge on any atom is -0.508 e. The normalized spacial score (nSPS) is 10.2. The molecule has 17 heavy (non-hydrogen) atoms. The first kappa shape index (κ1) is 12.0. The van der Waals surface area contributed by atoms with Crippen molar-refractivity contribution in [2.75, 3.05) is 11.9 Å². The first-order valence-corrected chi connectivity index (χ1v) is 6.50. The van der Waals surface area contributed by atoms with Gasteiger partial charge >= 0.3 is 0 Å². The fourth-order valence-corrected chi connectivity index (χ4v) is 1.72. The summed E-state index contributed by atoms with van der Waals surface area (Å²) in [7, 11) is 0. The Bertz CT molecular complexity index is 463. The van der Waals surface area contributed by atoms with Crippen molar-refractivity contribution in [3.8, 4) is 22.6 Å². The smallest absolute Gasteiger partial charge is 0.119 e. The zero-order valence-corrected chi connectivity index (χ0v) is 10.9. The Morgan fingerprint density at radius 3 is 1.94 bits per heavy atom. The molecule has 0 unspecified atom stereocenters. The Labute approximate surface area is 109 Å². The van der Waals surface area contributed by atoms with Crippen LogP contribution in [0.5, 0.6) is 11.5 Å². The van der Waals surface area contributed by atoms with Crippen LogP contribution in [-0.4, -0.2) is 17.0 Å². The molecule has 1 N–H and O–H groups in total. The molecule has 0 bridgehead atoms. The van der Waals surface area contributed by atoms with Crippen LogP contribution in [0.3, 0.4) is 0 Å². The quantitative estimate of drug-likeness (QED) is 0.868. The van der Waals surface area contributed by atoms with Crippen LogP contribution in [0.2, 0.25) is 0 Å². The maximum atomic E-state index is 9.22. The van der Waals surface area contributed by atoms with E-state index in [1.165, 1.54) is 0 Å². The summed E-state index contributed by atoms with van der Waals surface area (Å²) in [6.45, 7) is 0.665. The molecule has 0 fully saturated rings. The SMILES string of the molecule is Oc1ccc(-c2ccc(OCCBr)cc2)cc1. The lowest BCUT2D eigenvalue weighted by Crippen LogP contribution is -1.97. The first-order chi connectivity index (χ1) is 8.29. The van der Waals surface area contributed by atoms with Crippen molar-refractivity contribution in [1.29, 1.82) is 0 Å². The molecule has 88 valence electrons. The lowest BCUT2D eigenvalue weighted by molar-refractivity contribution is 0.345. The van der Waals surface area contributed by atoms with Crippen molar-refractivity contribution in [1.82, 2.24) is 0 Å². The topological polar surface area (TPSA) is 29.5 Å². The van der Waals surface area contributed by atoms with Gasteiger partial charge in [-0.3, -0.25) is 0 Å². The summed E-state index contributed by atoms with van der Waals surface area (Å²) in [5.74, 6) is 1.15. The van der Waals surface area contributed by atoms with Crippen molar-refractivity contribution >= 4 is 15.9 Å². The zero-order chi connectivity index (χ0) is 12.1. The molecule has 2 aromatic rings. The second kappa shape index (κ2) is 5.73. The number of hydrogen-bond acceptors (Lipinski definition) is 2. The van der Waals surface area contributed by atoms with Crippen LogP contribution < -0.4 is 4.74 Å². The molecule has 0 amide bonds. The molecule has 0 spiro atoms. The summed E-state index contributed by atoms with van der Waals surface area (Å²) in [5, 5.41) is 10.0. The van der Waals surface area contributed by atoms with Gasteiger partial charge in [-0.05, 0) is 35.4 Å². The van der Waals surface area contributed by atoms with E-state index in [9.17, 15) is 5.11 Å². The standard InChI is InChI=1S/C14H13BrO2/c15-9-10-17-14-7-3-12(4-8-14)11-1-5-13(16)6-2-11/h1-8,16H,9-10H2. The molecule has 0 aromatic heterocycles. The van der Waals surface area contributed by atoms with Crippen LogP contribution >= 0.6 is 15.9 Å². The van der Waals surface area contributed by atoms with Gasteiger partial charge in [-0.15, -0.1) is 0 Å². The van der Waals surface area contributed by atoms with Crippen molar-refractivity contribution < 1.29 is 9.84 Å². The minimum absolute atomic E-state index is 0.283. The summed E-state index contributed by atoms with van der Waals surface area (Å²) in [4.78, 5) is 0. The molecule has 2 aromatic carbocycles. The highest BCUT2D eigenvalue weighted by atomic mass is 79.9. The summed E-state index contributed by atoms with van der Waals surface area (Å²) in [5.41, 5.74) is 2.19. The highest BCUT2D eigenvalue weighted by molar-refractivity contribution is 9.09. The Kier molecular flexibility index (Phi) is 4.04. The number of rotatable bonds is 4. The van der Waals surface area contributed by atoms with Crippen LogP contribution in [0.15, 0.2) is 48.5 Å². The summed E-state index contributed by atoms with van der Waals surface area (Å²) in [6.07, 6.45) is 0. The Morgan fingerprint density at radius 2 is 1.41 bits per heavy atom. The summed E-state index contributed by atoms with van der Waals surface area (Å²) >= 11 is 3.32. The van der Waals surface area contributed by atoms with E-state index in [2.05, 4.69) is 15.9 Å². The molecular formula is C14H13BrO2. The Morgan fingerprint density at radius 1 is 0.882 bits per heavy atom. The molecule has 2 rings (SSSR count). The number of phenolic OH excluding ortho intramolecular Hbond substituents is 1. The molecular weight excluding hydrogens is 280 g/mol. The van der Waals surface area contributed by atoms with Gasteiger partial charge in [-0.2, -0.15) is 0 Å². The lowest BCUT2D eigenvalue weighted by atomic mass is 10.1. The number of hydrogen-bond donors (Lipinski definition) is 1. The van der Waals surface area contributed by atoms with E-state index in [1.807, 2.05) is 36.4 Å². The summed E-state index contributed by atoms with van der Waals surface area (Å²) < 4.78 is 5.48. The highest BCUT2D eigenvalue weighted by Gasteiger charge is 1.98. The molecule has 3 heteroatoms. The van der Waals surface area contributed by atoms with Crippen LogP contribution in [0.1, 0.15) is 0 Å². The van der Waals surface area contributed by atoms with Gasteiger partial charge in [0.05, 0.1) is 6.61 Å². The van der Waals surface area contributed by atoms with Gasteiger partial charge in [0.2, 0.25) is 0 Å². The average Bonchev–Trinajstić information content (AvgIpc) is 2.38.